The van der Waals surface area contributed by atoms with Crippen LogP contribution in [-0.2, 0) is 14.3 Å². The average molecular weight is 392 g/mol. The SMILES string of the molecule is CCCCCC(=O)C(N)C(=O)N[C@@H](CN1CCOCC1)[C@@H](O)c1ccccc1. The lowest BCUT2D eigenvalue weighted by atomic mass is 10.00. The van der Waals surface area contributed by atoms with Gasteiger partial charge in [0.1, 0.15) is 12.1 Å². The number of nitrogens with two attached hydrogens (primary N) is 1. The summed E-state index contributed by atoms with van der Waals surface area (Å²) in [6.45, 7) is 5.22. The molecule has 7 nitrogen and oxygen atoms in total. The summed E-state index contributed by atoms with van der Waals surface area (Å²) >= 11 is 0. The smallest absolute Gasteiger partial charge is 0.244 e. The highest BCUT2D eigenvalue weighted by Crippen LogP contribution is 2.18. The summed E-state index contributed by atoms with van der Waals surface area (Å²) < 4.78 is 5.37. The fraction of sp³-hybridized carbons (Fsp3) is 0.619. The second-order valence-electron chi connectivity index (χ2n) is 7.28. The predicted octanol–water partition coefficient (Wildman–Crippen LogP) is 1.01. The predicted molar refractivity (Wildman–Crippen MR) is 108 cm³/mol. The number of nitrogens with one attached hydrogen (secondary N) is 1. The van der Waals surface area contributed by atoms with Gasteiger partial charge < -0.3 is 20.9 Å². The van der Waals surface area contributed by atoms with E-state index in [-0.39, 0.29) is 5.78 Å². The normalized spacial score (nSPS) is 18.2. The molecule has 1 amide bonds. The number of hydrogen-bond donors (Lipinski definition) is 3. The molecule has 0 aliphatic carbocycles. The van der Waals surface area contributed by atoms with Gasteiger partial charge in [0, 0.05) is 26.1 Å². The molecule has 1 aliphatic rings. The molecule has 0 spiro atoms. The highest BCUT2D eigenvalue weighted by Gasteiger charge is 2.29. The monoisotopic (exact) mass is 391 g/mol. The lowest BCUT2D eigenvalue weighted by molar-refractivity contribution is -0.131. The number of rotatable bonds is 11. The Kier molecular flexibility index (Phi) is 9.57. The minimum absolute atomic E-state index is 0.259. The minimum Gasteiger partial charge on any atom is -0.386 e. The van der Waals surface area contributed by atoms with E-state index in [2.05, 4.69) is 17.1 Å². The number of aliphatic hydroxyl groups is 1. The summed E-state index contributed by atoms with van der Waals surface area (Å²) in [6, 6.07) is 7.42. The summed E-state index contributed by atoms with van der Waals surface area (Å²) in [4.78, 5) is 26.9. The summed E-state index contributed by atoms with van der Waals surface area (Å²) in [5.74, 6) is -0.792. The number of morpholine rings is 1. The van der Waals surface area contributed by atoms with E-state index in [1.165, 1.54) is 0 Å². The van der Waals surface area contributed by atoms with Gasteiger partial charge in [-0.15, -0.1) is 0 Å². The summed E-state index contributed by atoms with van der Waals surface area (Å²) in [5, 5.41) is 13.7. The first-order valence-electron chi connectivity index (χ1n) is 10.1. The van der Waals surface area contributed by atoms with E-state index < -0.39 is 24.1 Å². The Hall–Kier alpha value is -1.80. The molecule has 1 heterocycles. The first-order valence-corrected chi connectivity index (χ1v) is 10.1. The van der Waals surface area contributed by atoms with Crippen molar-refractivity contribution in [2.45, 2.75) is 50.8 Å². The van der Waals surface area contributed by atoms with E-state index in [4.69, 9.17) is 10.5 Å². The van der Waals surface area contributed by atoms with E-state index in [1.807, 2.05) is 30.3 Å². The van der Waals surface area contributed by atoms with Crippen molar-refractivity contribution in [2.24, 2.45) is 5.73 Å². The van der Waals surface area contributed by atoms with E-state index in [1.54, 1.807) is 0 Å². The number of carbonyl (C=O) groups excluding carboxylic acids is 2. The largest absolute Gasteiger partial charge is 0.386 e. The van der Waals surface area contributed by atoms with Crippen LogP contribution in [0.2, 0.25) is 0 Å². The van der Waals surface area contributed by atoms with Crippen LogP contribution in [0.25, 0.3) is 0 Å². The van der Waals surface area contributed by atoms with Crippen LogP contribution in [0.4, 0.5) is 0 Å². The number of ether oxygens (including phenoxy) is 1. The van der Waals surface area contributed by atoms with Crippen LogP contribution in [0.1, 0.15) is 44.3 Å². The summed E-state index contributed by atoms with van der Waals surface area (Å²) in [7, 11) is 0. The van der Waals surface area contributed by atoms with Gasteiger partial charge in [0.25, 0.3) is 0 Å². The molecule has 1 fully saturated rings. The van der Waals surface area contributed by atoms with Gasteiger partial charge >= 0.3 is 0 Å². The molecular formula is C21H33N3O4. The van der Waals surface area contributed by atoms with Gasteiger partial charge in [-0.1, -0.05) is 50.1 Å². The number of Topliss-reactive ketones (excluding diaryl/α,β-unsaturated/α-hetero) is 1. The maximum Gasteiger partial charge on any atom is 0.244 e. The molecule has 0 saturated carbocycles. The van der Waals surface area contributed by atoms with E-state index in [0.717, 1.165) is 32.4 Å². The number of nitrogens with zero attached hydrogens (tertiary/aromatic N) is 1. The molecule has 7 heteroatoms. The number of amides is 1. The van der Waals surface area contributed by atoms with E-state index in [9.17, 15) is 14.7 Å². The topological polar surface area (TPSA) is 105 Å². The number of unbranched alkanes of at least 4 members (excludes halogenated alkanes) is 2. The van der Waals surface area contributed by atoms with Crippen molar-refractivity contribution in [2.75, 3.05) is 32.8 Å². The molecule has 156 valence electrons. The molecule has 4 N–H and O–H groups in total. The van der Waals surface area contributed by atoms with Crippen molar-refractivity contribution in [3.63, 3.8) is 0 Å². The summed E-state index contributed by atoms with van der Waals surface area (Å²) in [6.07, 6.45) is 2.08. The molecule has 1 unspecified atom stereocenters. The number of ketones is 1. The molecule has 2 rings (SSSR count). The quantitative estimate of drug-likeness (QED) is 0.384. The average Bonchev–Trinajstić information content (AvgIpc) is 2.73. The zero-order valence-electron chi connectivity index (χ0n) is 16.7. The van der Waals surface area contributed by atoms with Crippen molar-refractivity contribution < 1.29 is 19.4 Å². The number of carbonyl (C=O) groups is 2. The molecule has 0 aromatic heterocycles. The summed E-state index contributed by atoms with van der Waals surface area (Å²) in [5.41, 5.74) is 6.60. The first-order chi connectivity index (χ1) is 13.5. The van der Waals surface area contributed by atoms with Crippen LogP contribution in [0.3, 0.4) is 0 Å². The van der Waals surface area contributed by atoms with Gasteiger partial charge in [0.2, 0.25) is 5.91 Å². The van der Waals surface area contributed by atoms with Gasteiger partial charge in [-0.3, -0.25) is 14.5 Å². The lowest BCUT2D eigenvalue weighted by Crippen LogP contribution is -2.55. The standard InChI is InChI=1S/C21H33N3O4/c1-2-3-5-10-18(25)19(22)21(27)23-17(15-24-11-13-28-14-12-24)20(26)16-8-6-4-7-9-16/h4,6-9,17,19-20,26H,2-3,5,10-15,22H2,1H3,(H,23,27)/t17-,19?,20-/m0/s1. The third kappa shape index (κ3) is 6.98. The van der Waals surface area contributed by atoms with Crippen molar-refractivity contribution in [3.8, 4) is 0 Å². The minimum atomic E-state index is -1.20. The van der Waals surface area contributed by atoms with Crippen molar-refractivity contribution >= 4 is 11.7 Å². The van der Waals surface area contributed by atoms with Gasteiger partial charge in [-0.2, -0.15) is 0 Å². The number of aliphatic hydroxyl groups excluding tert-OH is 1. The fourth-order valence-electron chi connectivity index (χ4n) is 3.29. The molecule has 1 aliphatic heterocycles. The Morgan fingerprint density at radius 3 is 2.54 bits per heavy atom. The van der Waals surface area contributed by atoms with Crippen molar-refractivity contribution in [1.82, 2.24) is 10.2 Å². The third-order valence-corrected chi connectivity index (χ3v) is 5.06. The van der Waals surface area contributed by atoms with Gasteiger partial charge in [-0.05, 0) is 12.0 Å². The van der Waals surface area contributed by atoms with Crippen LogP contribution in [0, 0.1) is 0 Å². The Labute approximate surface area is 167 Å². The van der Waals surface area contributed by atoms with E-state index >= 15 is 0 Å². The molecule has 0 bridgehead atoms. The zero-order chi connectivity index (χ0) is 20.4. The van der Waals surface area contributed by atoms with Gasteiger partial charge in [0.15, 0.2) is 5.78 Å². The Morgan fingerprint density at radius 1 is 1.21 bits per heavy atom. The van der Waals surface area contributed by atoms with Crippen LogP contribution >= 0.6 is 0 Å². The van der Waals surface area contributed by atoms with Crippen LogP contribution in [-0.4, -0.2) is 66.6 Å². The molecule has 1 aromatic carbocycles. The Bertz CT molecular complexity index is 605. The Morgan fingerprint density at radius 2 is 1.89 bits per heavy atom. The number of benzene rings is 1. The molecule has 3 atom stereocenters. The lowest BCUT2D eigenvalue weighted by Gasteiger charge is -2.33. The highest BCUT2D eigenvalue weighted by molar-refractivity contribution is 6.05. The molecular weight excluding hydrogens is 358 g/mol. The van der Waals surface area contributed by atoms with Crippen LogP contribution in [0.5, 0.6) is 0 Å². The fourth-order valence-corrected chi connectivity index (χ4v) is 3.29. The van der Waals surface area contributed by atoms with Crippen LogP contribution in [0.15, 0.2) is 30.3 Å². The number of hydrogen-bond acceptors (Lipinski definition) is 6. The van der Waals surface area contributed by atoms with Gasteiger partial charge in [-0.25, -0.2) is 0 Å². The third-order valence-electron chi connectivity index (χ3n) is 5.06. The second-order valence-corrected chi connectivity index (χ2v) is 7.28. The zero-order valence-corrected chi connectivity index (χ0v) is 16.7. The molecule has 1 saturated heterocycles. The van der Waals surface area contributed by atoms with E-state index in [0.29, 0.717) is 31.7 Å². The van der Waals surface area contributed by atoms with Crippen LogP contribution < -0.4 is 11.1 Å². The maximum absolute atomic E-state index is 12.6. The second kappa shape index (κ2) is 11.9. The molecule has 28 heavy (non-hydrogen) atoms. The first kappa shape index (κ1) is 22.5. The molecule has 0 radical (unpaired) electrons. The van der Waals surface area contributed by atoms with Crippen molar-refractivity contribution in [1.29, 1.82) is 0 Å². The maximum atomic E-state index is 12.6. The molecule has 1 aromatic rings. The van der Waals surface area contributed by atoms with Crippen molar-refractivity contribution in [3.05, 3.63) is 35.9 Å². The Balaban J connectivity index is 2.03. The highest BCUT2D eigenvalue weighted by atomic mass is 16.5. The van der Waals surface area contributed by atoms with Gasteiger partial charge in [0.05, 0.1) is 19.3 Å².